The number of nitrogens with one attached hydrogen (secondary N) is 1. The van der Waals surface area contributed by atoms with Crippen molar-refractivity contribution in [3.63, 3.8) is 0 Å². The van der Waals surface area contributed by atoms with Gasteiger partial charge in [0.15, 0.2) is 0 Å². The van der Waals surface area contributed by atoms with Crippen LogP contribution in [-0.2, 0) is 4.74 Å². The van der Waals surface area contributed by atoms with E-state index in [1.807, 2.05) is 0 Å². The maximum absolute atomic E-state index is 11.4. The van der Waals surface area contributed by atoms with Crippen LogP contribution in [0.4, 0.5) is 5.69 Å². The minimum absolute atomic E-state index is 0.00773. The van der Waals surface area contributed by atoms with Crippen molar-refractivity contribution in [1.29, 1.82) is 0 Å². The average Bonchev–Trinajstić information content (AvgIpc) is 2.26. The van der Waals surface area contributed by atoms with Crippen molar-refractivity contribution in [2.24, 2.45) is 0 Å². The van der Waals surface area contributed by atoms with Gasteiger partial charge in [-0.15, -0.1) is 0 Å². The van der Waals surface area contributed by atoms with Crippen LogP contribution < -0.4 is 5.32 Å². The third kappa shape index (κ3) is 3.53. The van der Waals surface area contributed by atoms with E-state index in [0.29, 0.717) is 10.7 Å². The average molecular weight is 253 g/mol. The number of carbonyl (C=O) groups excluding carboxylic acids is 1. The standard InChI is InChI=1S/C11H11NO4S/c1-6(17)12-9-4-7(10(13)14)3-8(5-9)11(15)16-2/h3-5H,1-2H3,(H,12,17)(H,13,14). The number of aromatic carboxylic acids is 1. The topological polar surface area (TPSA) is 75.6 Å². The van der Waals surface area contributed by atoms with E-state index < -0.39 is 11.9 Å². The summed E-state index contributed by atoms with van der Waals surface area (Å²) in [5.41, 5.74) is 0.593. The lowest BCUT2D eigenvalue weighted by Gasteiger charge is -2.07. The molecule has 0 aromatic heterocycles. The molecule has 0 saturated heterocycles. The third-order valence-electron chi connectivity index (χ3n) is 1.92. The number of methoxy groups -OCH3 is 1. The maximum atomic E-state index is 11.4. The van der Waals surface area contributed by atoms with Crippen LogP contribution in [0.5, 0.6) is 0 Å². The Labute approximate surface area is 103 Å². The van der Waals surface area contributed by atoms with Crippen LogP contribution in [0, 0.1) is 0 Å². The van der Waals surface area contributed by atoms with E-state index in [2.05, 4.69) is 10.1 Å². The molecule has 90 valence electrons. The van der Waals surface area contributed by atoms with Crippen molar-refractivity contribution in [3.05, 3.63) is 29.3 Å². The zero-order valence-corrected chi connectivity index (χ0v) is 10.1. The van der Waals surface area contributed by atoms with Crippen molar-refractivity contribution in [3.8, 4) is 0 Å². The second-order valence-corrected chi connectivity index (χ2v) is 3.89. The van der Waals surface area contributed by atoms with Crippen molar-refractivity contribution < 1.29 is 19.4 Å². The van der Waals surface area contributed by atoms with E-state index in [9.17, 15) is 9.59 Å². The molecule has 0 heterocycles. The highest BCUT2D eigenvalue weighted by atomic mass is 32.1. The summed E-state index contributed by atoms with van der Waals surface area (Å²) in [6.45, 7) is 1.65. The molecule has 0 aliphatic rings. The number of thiocarbonyl (C=S) groups is 1. The maximum Gasteiger partial charge on any atom is 0.337 e. The van der Waals surface area contributed by atoms with Crippen molar-refractivity contribution >= 4 is 34.8 Å². The van der Waals surface area contributed by atoms with Crippen molar-refractivity contribution in [1.82, 2.24) is 0 Å². The molecule has 0 fully saturated rings. The number of ether oxygens (including phenoxy) is 1. The molecule has 1 rings (SSSR count). The number of hydrogen-bond donors (Lipinski definition) is 2. The predicted octanol–water partition coefficient (Wildman–Crippen LogP) is 1.93. The highest BCUT2D eigenvalue weighted by Gasteiger charge is 2.12. The number of rotatable bonds is 3. The molecule has 0 aliphatic heterocycles. The molecular weight excluding hydrogens is 242 g/mol. The predicted molar refractivity (Wildman–Crippen MR) is 66.6 cm³/mol. The number of esters is 1. The molecule has 1 aromatic carbocycles. The monoisotopic (exact) mass is 253 g/mol. The lowest BCUT2D eigenvalue weighted by Crippen LogP contribution is -2.09. The summed E-state index contributed by atoms with van der Waals surface area (Å²) >= 11 is 4.85. The smallest absolute Gasteiger partial charge is 0.337 e. The summed E-state index contributed by atoms with van der Waals surface area (Å²) in [6, 6.07) is 4.12. The first-order valence-corrected chi connectivity index (χ1v) is 5.09. The van der Waals surface area contributed by atoms with E-state index in [4.69, 9.17) is 17.3 Å². The first-order chi connectivity index (χ1) is 7.93. The van der Waals surface area contributed by atoms with Gasteiger partial charge in [0, 0.05) is 5.69 Å². The van der Waals surface area contributed by atoms with Crippen LogP contribution in [0.15, 0.2) is 18.2 Å². The molecule has 0 saturated carbocycles. The Morgan fingerprint density at radius 1 is 1.29 bits per heavy atom. The van der Waals surface area contributed by atoms with E-state index >= 15 is 0 Å². The third-order valence-corrected chi connectivity index (χ3v) is 2.02. The van der Waals surface area contributed by atoms with Gasteiger partial charge in [-0.05, 0) is 25.1 Å². The van der Waals surface area contributed by atoms with Gasteiger partial charge >= 0.3 is 11.9 Å². The minimum Gasteiger partial charge on any atom is -0.478 e. The number of carboxylic acids is 1. The van der Waals surface area contributed by atoms with Crippen LogP contribution in [-0.4, -0.2) is 29.1 Å². The summed E-state index contributed by atoms with van der Waals surface area (Å²) in [5, 5.41) is 11.7. The van der Waals surface area contributed by atoms with E-state index in [0.717, 1.165) is 0 Å². The number of hydrogen-bond acceptors (Lipinski definition) is 4. The molecule has 0 atom stereocenters. The Balaban J connectivity index is 3.23. The van der Waals surface area contributed by atoms with Crippen LogP contribution in [0.2, 0.25) is 0 Å². The highest BCUT2D eigenvalue weighted by molar-refractivity contribution is 7.80. The number of anilines is 1. The van der Waals surface area contributed by atoms with Gasteiger partial charge in [-0.2, -0.15) is 0 Å². The van der Waals surface area contributed by atoms with Crippen LogP contribution >= 0.6 is 12.2 Å². The number of benzene rings is 1. The molecule has 1 aromatic rings. The second-order valence-electron chi connectivity index (χ2n) is 3.28. The Morgan fingerprint density at radius 3 is 2.35 bits per heavy atom. The summed E-state index contributed by atoms with van der Waals surface area (Å²) in [5.74, 6) is -1.72. The molecule has 0 bridgehead atoms. The Bertz CT molecular complexity index is 484. The van der Waals surface area contributed by atoms with Crippen molar-refractivity contribution in [2.75, 3.05) is 12.4 Å². The largest absolute Gasteiger partial charge is 0.478 e. The molecule has 5 nitrogen and oxygen atoms in total. The fourth-order valence-electron chi connectivity index (χ4n) is 1.26. The Kier molecular flexibility index (Phi) is 4.17. The molecule has 0 amide bonds. The van der Waals surface area contributed by atoms with Gasteiger partial charge in [-0.3, -0.25) is 0 Å². The molecule has 2 N–H and O–H groups in total. The van der Waals surface area contributed by atoms with Crippen LogP contribution in [0.25, 0.3) is 0 Å². The molecular formula is C11H11NO4S. The van der Waals surface area contributed by atoms with E-state index in [1.165, 1.54) is 25.3 Å². The SMILES string of the molecule is COC(=O)c1cc(NC(C)=S)cc(C(=O)O)c1. The fraction of sp³-hybridized carbons (Fsp3) is 0.182. The van der Waals surface area contributed by atoms with E-state index in [1.54, 1.807) is 6.92 Å². The summed E-state index contributed by atoms with van der Waals surface area (Å²) in [6.07, 6.45) is 0. The van der Waals surface area contributed by atoms with Crippen LogP contribution in [0.1, 0.15) is 27.6 Å². The minimum atomic E-state index is -1.12. The highest BCUT2D eigenvalue weighted by Crippen LogP contribution is 2.16. The van der Waals surface area contributed by atoms with Gasteiger partial charge < -0.3 is 15.2 Å². The second kappa shape index (κ2) is 5.40. The molecule has 17 heavy (non-hydrogen) atoms. The van der Waals surface area contributed by atoms with Gasteiger partial charge in [0.2, 0.25) is 0 Å². The van der Waals surface area contributed by atoms with Gasteiger partial charge in [0.1, 0.15) is 0 Å². The summed E-state index contributed by atoms with van der Waals surface area (Å²) < 4.78 is 4.54. The van der Waals surface area contributed by atoms with Gasteiger partial charge in [-0.1, -0.05) is 12.2 Å². The fourth-order valence-corrected chi connectivity index (χ4v) is 1.38. The summed E-state index contributed by atoms with van der Waals surface area (Å²) in [4.78, 5) is 22.7. The van der Waals surface area contributed by atoms with Gasteiger partial charge in [-0.25, -0.2) is 9.59 Å². The van der Waals surface area contributed by atoms with Gasteiger partial charge in [0.05, 0.1) is 23.2 Å². The first kappa shape index (κ1) is 13.1. The Morgan fingerprint density at radius 2 is 1.88 bits per heavy atom. The normalized spacial score (nSPS) is 9.53. The zero-order valence-electron chi connectivity index (χ0n) is 9.31. The van der Waals surface area contributed by atoms with Gasteiger partial charge in [0.25, 0.3) is 0 Å². The zero-order chi connectivity index (χ0) is 13.0. The lowest BCUT2D eigenvalue weighted by molar-refractivity contribution is 0.0601. The number of carbonyl (C=O) groups is 2. The van der Waals surface area contributed by atoms with Crippen LogP contribution in [0.3, 0.4) is 0 Å². The van der Waals surface area contributed by atoms with E-state index in [-0.39, 0.29) is 11.1 Å². The molecule has 0 spiro atoms. The molecule has 0 aliphatic carbocycles. The molecule has 0 radical (unpaired) electrons. The first-order valence-electron chi connectivity index (χ1n) is 4.68. The number of carboxylic acid groups (broad SMARTS) is 1. The van der Waals surface area contributed by atoms with Crippen molar-refractivity contribution in [2.45, 2.75) is 6.92 Å². The molecule has 6 heteroatoms. The quantitative estimate of drug-likeness (QED) is 0.633. The molecule has 0 unspecified atom stereocenters. The summed E-state index contributed by atoms with van der Waals surface area (Å²) in [7, 11) is 1.23. The lowest BCUT2D eigenvalue weighted by atomic mass is 10.1. The Hall–Kier alpha value is -1.95.